The first kappa shape index (κ1) is 28.7. The molecule has 2 nitrogen and oxygen atoms in total. The fraction of sp³-hybridized carbons (Fsp3) is 0.0417. The zero-order valence-corrected chi connectivity index (χ0v) is 28.7. The second-order valence-electron chi connectivity index (χ2n) is 13.7. The molecule has 8 aromatic carbocycles. The Kier molecular flexibility index (Phi) is 5.99. The summed E-state index contributed by atoms with van der Waals surface area (Å²) in [5.41, 5.74) is 11.6. The Bertz CT molecular complexity index is 2880. The Morgan fingerprint density at radius 3 is 2.14 bits per heavy atom. The molecule has 0 N–H and O–H groups in total. The lowest BCUT2D eigenvalue weighted by molar-refractivity contribution is 0.441. The Balaban J connectivity index is 1.25. The summed E-state index contributed by atoms with van der Waals surface area (Å²) in [5.74, 6) is 1.84. The van der Waals surface area contributed by atoms with Crippen LogP contribution in [0.4, 0.5) is 17.1 Å². The number of ether oxygens (including phenoxy) is 1. The van der Waals surface area contributed by atoms with E-state index in [9.17, 15) is 0 Å². The van der Waals surface area contributed by atoms with E-state index in [1.807, 2.05) is 11.3 Å². The SMILES string of the molecule is Cc1ccccc1N(c1ccc2c(c1)C1(c3ccccc3Oc3c1ccc1ccccc31)c1ccccc1-2)c1cccc2c1sc1ccccc12. The number of fused-ring (bicyclic) bond motifs is 14. The number of hydrogen-bond donors (Lipinski definition) is 0. The van der Waals surface area contributed by atoms with Gasteiger partial charge in [-0.05, 0) is 76.5 Å². The number of aryl methyl sites for hydroxylation is 1. The summed E-state index contributed by atoms with van der Waals surface area (Å²) in [5, 5.41) is 4.89. The molecule has 240 valence electrons. The molecule has 1 aromatic heterocycles. The number of anilines is 3. The highest BCUT2D eigenvalue weighted by Crippen LogP contribution is 2.63. The molecular weight excluding hydrogens is 639 g/mol. The molecule has 0 fully saturated rings. The number of benzene rings is 8. The van der Waals surface area contributed by atoms with E-state index in [4.69, 9.17) is 4.74 Å². The number of para-hydroxylation sites is 2. The van der Waals surface area contributed by atoms with Gasteiger partial charge in [0.25, 0.3) is 0 Å². The summed E-state index contributed by atoms with van der Waals surface area (Å²) in [6.45, 7) is 2.22. The summed E-state index contributed by atoms with van der Waals surface area (Å²) in [6, 6.07) is 62.2. The maximum absolute atomic E-state index is 6.91. The highest BCUT2D eigenvalue weighted by molar-refractivity contribution is 7.26. The van der Waals surface area contributed by atoms with Gasteiger partial charge in [0, 0.05) is 43.4 Å². The average molecular weight is 670 g/mol. The average Bonchev–Trinajstić information content (AvgIpc) is 3.70. The van der Waals surface area contributed by atoms with Gasteiger partial charge >= 0.3 is 0 Å². The third kappa shape index (κ3) is 3.87. The minimum atomic E-state index is -0.572. The molecule has 1 atom stereocenters. The van der Waals surface area contributed by atoms with Gasteiger partial charge in [0.15, 0.2) is 0 Å². The first-order valence-electron chi connectivity index (χ1n) is 17.5. The molecule has 1 aliphatic carbocycles. The predicted molar refractivity (Wildman–Crippen MR) is 214 cm³/mol. The summed E-state index contributed by atoms with van der Waals surface area (Å²) < 4.78 is 9.49. The van der Waals surface area contributed by atoms with E-state index in [0.717, 1.165) is 22.6 Å². The zero-order valence-electron chi connectivity index (χ0n) is 27.9. The van der Waals surface area contributed by atoms with Crippen LogP contribution in [0.5, 0.6) is 11.5 Å². The van der Waals surface area contributed by atoms with Crippen LogP contribution in [0.2, 0.25) is 0 Å². The van der Waals surface area contributed by atoms with Crippen LogP contribution in [0.3, 0.4) is 0 Å². The van der Waals surface area contributed by atoms with Crippen LogP contribution < -0.4 is 9.64 Å². The van der Waals surface area contributed by atoms with Gasteiger partial charge in [-0.2, -0.15) is 0 Å². The van der Waals surface area contributed by atoms with Gasteiger partial charge < -0.3 is 9.64 Å². The fourth-order valence-corrected chi connectivity index (χ4v) is 10.1. The van der Waals surface area contributed by atoms with E-state index < -0.39 is 5.41 Å². The molecule has 0 radical (unpaired) electrons. The van der Waals surface area contributed by atoms with Crippen LogP contribution >= 0.6 is 11.3 Å². The van der Waals surface area contributed by atoms with Gasteiger partial charge in [0.05, 0.1) is 15.8 Å². The van der Waals surface area contributed by atoms with Crippen molar-refractivity contribution in [3.05, 3.63) is 198 Å². The lowest BCUT2D eigenvalue weighted by Crippen LogP contribution is -2.32. The molecule has 1 spiro atoms. The molecule has 0 amide bonds. The lowest BCUT2D eigenvalue weighted by atomic mass is 9.65. The third-order valence-corrected chi connectivity index (χ3v) is 12.3. The number of nitrogens with zero attached hydrogens (tertiary/aromatic N) is 1. The Morgan fingerprint density at radius 1 is 0.510 bits per heavy atom. The Morgan fingerprint density at radius 2 is 1.22 bits per heavy atom. The van der Waals surface area contributed by atoms with Gasteiger partial charge in [-0.15, -0.1) is 11.3 Å². The van der Waals surface area contributed by atoms with E-state index in [1.54, 1.807) is 0 Å². The summed E-state index contributed by atoms with van der Waals surface area (Å²) >= 11 is 1.87. The van der Waals surface area contributed by atoms with Gasteiger partial charge in [-0.3, -0.25) is 0 Å². The Labute approximate surface area is 300 Å². The van der Waals surface area contributed by atoms with Crippen molar-refractivity contribution in [2.75, 3.05) is 4.90 Å². The standard InChI is InChI=1S/C48H31NOS/c1-30-13-2-9-21-42(30)49(43-22-12-18-37-36-17-6-11-24-45(36)51-47(37)43)32-26-27-35-34-16-5-7-19-38(34)48(41(35)29-32)39-20-8-10-23-44(39)50-46-33-15-4-3-14-31(33)25-28-40(46)48/h2-29H,1H3. The molecule has 51 heavy (non-hydrogen) atoms. The predicted octanol–water partition coefficient (Wildman–Crippen LogP) is 13.5. The van der Waals surface area contributed by atoms with E-state index >= 15 is 0 Å². The van der Waals surface area contributed by atoms with Crippen LogP contribution in [0.1, 0.15) is 27.8 Å². The topological polar surface area (TPSA) is 12.5 Å². The first-order valence-corrected chi connectivity index (χ1v) is 18.3. The minimum absolute atomic E-state index is 0.572. The molecule has 2 aliphatic rings. The maximum atomic E-state index is 6.91. The van der Waals surface area contributed by atoms with E-state index in [0.29, 0.717) is 0 Å². The van der Waals surface area contributed by atoms with Crippen LogP contribution in [-0.2, 0) is 5.41 Å². The number of hydrogen-bond acceptors (Lipinski definition) is 3. The van der Waals surface area contributed by atoms with Crippen molar-refractivity contribution in [1.29, 1.82) is 0 Å². The van der Waals surface area contributed by atoms with Crippen molar-refractivity contribution in [1.82, 2.24) is 0 Å². The van der Waals surface area contributed by atoms with Crippen molar-refractivity contribution >= 4 is 59.3 Å². The first-order chi connectivity index (χ1) is 25.2. The zero-order chi connectivity index (χ0) is 33.7. The molecule has 2 heterocycles. The van der Waals surface area contributed by atoms with E-state index in [-0.39, 0.29) is 0 Å². The number of thiophene rings is 1. The molecule has 0 saturated carbocycles. The monoisotopic (exact) mass is 669 g/mol. The van der Waals surface area contributed by atoms with Gasteiger partial charge in [0.1, 0.15) is 11.5 Å². The van der Waals surface area contributed by atoms with Gasteiger partial charge in [-0.1, -0.05) is 133 Å². The normalized spacial score (nSPS) is 15.4. The van der Waals surface area contributed by atoms with Crippen LogP contribution in [0, 0.1) is 6.92 Å². The smallest absolute Gasteiger partial charge is 0.140 e. The highest BCUT2D eigenvalue weighted by Gasteiger charge is 2.51. The highest BCUT2D eigenvalue weighted by atomic mass is 32.1. The number of rotatable bonds is 3. The van der Waals surface area contributed by atoms with E-state index in [2.05, 4.69) is 182 Å². The summed E-state index contributed by atoms with van der Waals surface area (Å²) in [7, 11) is 0. The van der Waals surface area contributed by atoms with Crippen molar-refractivity contribution in [2.45, 2.75) is 12.3 Å². The van der Waals surface area contributed by atoms with Crippen molar-refractivity contribution in [2.24, 2.45) is 0 Å². The fourth-order valence-electron chi connectivity index (χ4n) is 8.89. The molecule has 1 unspecified atom stereocenters. The Hall–Kier alpha value is -6.16. The van der Waals surface area contributed by atoms with Gasteiger partial charge in [-0.25, -0.2) is 0 Å². The quantitative estimate of drug-likeness (QED) is 0.186. The van der Waals surface area contributed by atoms with Crippen molar-refractivity contribution < 1.29 is 4.74 Å². The molecule has 0 saturated heterocycles. The van der Waals surface area contributed by atoms with Gasteiger partial charge in [0.2, 0.25) is 0 Å². The third-order valence-electron chi connectivity index (χ3n) is 11.1. The van der Waals surface area contributed by atoms with Crippen molar-refractivity contribution in [3.8, 4) is 22.6 Å². The molecule has 9 aromatic rings. The summed E-state index contributed by atoms with van der Waals surface area (Å²) in [4.78, 5) is 2.48. The second-order valence-corrected chi connectivity index (χ2v) is 14.7. The van der Waals surface area contributed by atoms with Crippen LogP contribution in [-0.4, -0.2) is 0 Å². The molecule has 0 bridgehead atoms. The summed E-state index contributed by atoms with van der Waals surface area (Å²) in [6.07, 6.45) is 0. The molecule has 3 heteroatoms. The largest absolute Gasteiger partial charge is 0.456 e. The molecular formula is C48H31NOS. The van der Waals surface area contributed by atoms with E-state index in [1.165, 1.54) is 75.9 Å². The van der Waals surface area contributed by atoms with Crippen LogP contribution in [0.25, 0.3) is 42.1 Å². The van der Waals surface area contributed by atoms with Crippen LogP contribution in [0.15, 0.2) is 170 Å². The molecule has 11 rings (SSSR count). The molecule has 1 aliphatic heterocycles. The lowest BCUT2D eigenvalue weighted by Gasteiger charge is -2.40. The second kappa shape index (κ2) is 10.7. The minimum Gasteiger partial charge on any atom is -0.456 e. The maximum Gasteiger partial charge on any atom is 0.140 e. The van der Waals surface area contributed by atoms with Crippen molar-refractivity contribution in [3.63, 3.8) is 0 Å².